The van der Waals surface area contributed by atoms with Crippen molar-refractivity contribution in [1.82, 2.24) is 9.97 Å². The molecule has 2 aromatic carbocycles. The fourth-order valence-corrected chi connectivity index (χ4v) is 5.61. The van der Waals surface area contributed by atoms with Gasteiger partial charge in [0.15, 0.2) is 0 Å². The number of hydrogen-bond donors (Lipinski definition) is 2. The molecule has 0 radical (unpaired) electrons. The van der Waals surface area contributed by atoms with Gasteiger partial charge in [-0.25, -0.2) is 18.1 Å². The van der Waals surface area contributed by atoms with E-state index in [1.807, 2.05) is 32.0 Å². The highest BCUT2D eigenvalue weighted by atomic mass is 32.2. The number of alkyl halides is 3. The molecule has 2 heterocycles. The SMILES string of the molecule is Cc1cccc(C)c1-c1cc2nc(n1)NS(=O)(=O)c1cccc(c1)N[C@H](CC1(C(F)(F)F)CC1)CO2. The van der Waals surface area contributed by atoms with Gasteiger partial charge in [0.2, 0.25) is 11.8 Å². The third-order valence-corrected chi connectivity index (χ3v) is 8.03. The Labute approximate surface area is 207 Å². The molecule has 190 valence electrons. The minimum absolute atomic E-state index is 0.0569. The van der Waals surface area contributed by atoms with Gasteiger partial charge in [-0.05, 0) is 62.4 Å². The molecule has 0 amide bonds. The largest absolute Gasteiger partial charge is 0.475 e. The maximum Gasteiger partial charge on any atom is 0.394 e. The number of aromatic nitrogens is 2. The van der Waals surface area contributed by atoms with Gasteiger partial charge in [-0.2, -0.15) is 18.2 Å². The Morgan fingerprint density at radius 3 is 2.42 bits per heavy atom. The van der Waals surface area contributed by atoms with Crippen LogP contribution in [0, 0.1) is 19.3 Å². The summed E-state index contributed by atoms with van der Waals surface area (Å²) in [5.74, 6) is -0.122. The van der Waals surface area contributed by atoms with Gasteiger partial charge in [-0.1, -0.05) is 24.3 Å². The molecule has 1 aromatic heterocycles. The number of ether oxygens (including phenoxy) is 1. The van der Waals surface area contributed by atoms with Crippen LogP contribution < -0.4 is 14.8 Å². The van der Waals surface area contributed by atoms with Crippen LogP contribution in [-0.4, -0.2) is 37.2 Å². The van der Waals surface area contributed by atoms with Crippen molar-refractivity contribution in [2.75, 3.05) is 16.6 Å². The Hall–Kier alpha value is -3.34. The first-order chi connectivity index (χ1) is 17.0. The van der Waals surface area contributed by atoms with Gasteiger partial charge in [0.1, 0.15) is 6.61 Å². The van der Waals surface area contributed by atoms with Crippen LogP contribution >= 0.6 is 0 Å². The van der Waals surface area contributed by atoms with Crippen LogP contribution in [0.15, 0.2) is 53.4 Å². The molecule has 5 rings (SSSR count). The Morgan fingerprint density at radius 2 is 1.75 bits per heavy atom. The molecule has 1 aliphatic carbocycles. The lowest BCUT2D eigenvalue weighted by Crippen LogP contribution is -2.36. The standard InChI is InChI=1S/C25H25F3N4O3S/c1-15-5-3-6-16(2)22(15)20-12-21-31-23(30-20)32-36(33,34)19-8-4-7-17(11-19)29-18(14-35-21)13-24(9-10-24)25(26,27)28/h3-8,11-12,18,29H,9-10,13-14H2,1-2H3,(H,30,31,32)/t18-/m1/s1. The van der Waals surface area contributed by atoms with Crippen molar-refractivity contribution in [3.63, 3.8) is 0 Å². The van der Waals surface area contributed by atoms with Crippen LogP contribution in [0.1, 0.15) is 30.4 Å². The van der Waals surface area contributed by atoms with E-state index in [9.17, 15) is 21.6 Å². The average molecular weight is 519 g/mol. The van der Waals surface area contributed by atoms with E-state index >= 15 is 0 Å². The molecule has 36 heavy (non-hydrogen) atoms. The van der Waals surface area contributed by atoms with Crippen LogP contribution in [0.3, 0.4) is 0 Å². The second-order valence-corrected chi connectivity index (χ2v) is 11.1. The van der Waals surface area contributed by atoms with Crippen LogP contribution in [0.5, 0.6) is 5.88 Å². The molecule has 3 aromatic rings. The lowest BCUT2D eigenvalue weighted by atomic mass is 9.96. The summed E-state index contributed by atoms with van der Waals surface area (Å²) in [7, 11) is -4.08. The molecule has 1 fully saturated rings. The Balaban J connectivity index is 1.59. The Kier molecular flexibility index (Phi) is 5.85. The van der Waals surface area contributed by atoms with Gasteiger partial charge in [-0.15, -0.1) is 0 Å². The lowest BCUT2D eigenvalue weighted by Gasteiger charge is -2.27. The summed E-state index contributed by atoms with van der Waals surface area (Å²) < 4.78 is 75.7. The number of anilines is 2. The normalized spacial score (nSPS) is 20.1. The first-order valence-corrected chi connectivity index (χ1v) is 13.0. The predicted molar refractivity (Wildman–Crippen MR) is 129 cm³/mol. The highest BCUT2D eigenvalue weighted by Gasteiger charge is 2.63. The number of nitrogens with zero attached hydrogens (tertiary/aromatic N) is 2. The molecule has 2 N–H and O–H groups in total. The molecule has 4 bridgehead atoms. The van der Waals surface area contributed by atoms with Gasteiger partial charge < -0.3 is 10.1 Å². The molecule has 11 heteroatoms. The zero-order valence-corrected chi connectivity index (χ0v) is 20.5. The Bertz CT molecular complexity index is 1400. The van der Waals surface area contributed by atoms with E-state index in [-0.39, 0.29) is 42.6 Å². The number of fused-ring (bicyclic) bond motifs is 4. The summed E-state index contributed by atoms with van der Waals surface area (Å²) in [6.07, 6.45) is -4.42. The van der Waals surface area contributed by atoms with E-state index in [1.54, 1.807) is 12.1 Å². The van der Waals surface area contributed by atoms with Crippen LogP contribution in [0.4, 0.5) is 24.8 Å². The first kappa shape index (κ1) is 24.4. The summed E-state index contributed by atoms with van der Waals surface area (Å²) in [4.78, 5) is 8.58. The zero-order chi connectivity index (χ0) is 25.7. The number of nitrogens with one attached hydrogen (secondary N) is 2. The highest BCUT2D eigenvalue weighted by Crippen LogP contribution is 2.60. The molecule has 0 spiro atoms. The second-order valence-electron chi connectivity index (χ2n) is 9.45. The van der Waals surface area contributed by atoms with Gasteiger partial charge in [0.05, 0.1) is 22.0 Å². The number of aryl methyl sites for hydroxylation is 2. The molecule has 0 unspecified atom stereocenters. The molecular formula is C25H25F3N4O3S. The molecule has 1 saturated carbocycles. The molecular weight excluding hydrogens is 493 g/mol. The van der Waals surface area contributed by atoms with Crippen molar-refractivity contribution in [1.29, 1.82) is 0 Å². The maximum absolute atomic E-state index is 13.7. The van der Waals surface area contributed by atoms with Crippen LogP contribution in [0.25, 0.3) is 11.3 Å². The van der Waals surface area contributed by atoms with Crippen molar-refractivity contribution < 1.29 is 26.3 Å². The van der Waals surface area contributed by atoms with Gasteiger partial charge >= 0.3 is 6.18 Å². The zero-order valence-electron chi connectivity index (χ0n) is 19.7. The maximum atomic E-state index is 13.7. The summed E-state index contributed by atoms with van der Waals surface area (Å²) in [5.41, 5.74) is 1.69. The van der Waals surface area contributed by atoms with E-state index in [0.29, 0.717) is 11.4 Å². The molecule has 1 aliphatic heterocycles. The Morgan fingerprint density at radius 1 is 1.06 bits per heavy atom. The summed E-state index contributed by atoms with van der Waals surface area (Å²) in [6.45, 7) is 3.72. The molecule has 0 saturated heterocycles. The number of halogens is 3. The molecule has 1 atom stereocenters. The summed E-state index contributed by atoms with van der Waals surface area (Å²) in [6, 6.07) is 12.5. The monoisotopic (exact) mass is 518 g/mol. The smallest absolute Gasteiger partial charge is 0.394 e. The third-order valence-electron chi connectivity index (χ3n) is 6.71. The van der Waals surface area contributed by atoms with Crippen molar-refractivity contribution in [2.45, 2.75) is 50.2 Å². The average Bonchev–Trinajstić information content (AvgIpc) is 3.58. The third kappa shape index (κ3) is 4.71. The predicted octanol–water partition coefficient (Wildman–Crippen LogP) is 5.47. The number of rotatable bonds is 3. The van der Waals surface area contributed by atoms with Gasteiger partial charge in [-0.3, -0.25) is 0 Å². The molecule has 2 aliphatic rings. The second kappa shape index (κ2) is 8.65. The minimum Gasteiger partial charge on any atom is -0.475 e. The first-order valence-electron chi connectivity index (χ1n) is 11.5. The lowest BCUT2D eigenvalue weighted by molar-refractivity contribution is -0.190. The summed E-state index contributed by atoms with van der Waals surface area (Å²) in [5, 5.41) is 3.05. The van der Waals surface area contributed by atoms with Crippen LogP contribution in [-0.2, 0) is 10.0 Å². The van der Waals surface area contributed by atoms with Crippen molar-refractivity contribution in [2.24, 2.45) is 5.41 Å². The summed E-state index contributed by atoms with van der Waals surface area (Å²) >= 11 is 0. The van der Waals surface area contributed by atoms with Crippen LogP contribution in [0.2, 0.25) is 0 Å². The van der Waals surface area contributed by atoms with Crippen molar-refractivity contribution in [3.8, 4) is 17.1 Å². The number of benzene rings is 2. The van der Waals surface area contributed by atoms with Gasteiger partial charge in [0.25, 0.3) is 10.0 Å². The minimum atomic E-state index is -4.33. The number of hydrogen-bond acceptors (Lipinski definition) is 6. The van der Waals surface area contributed by atoms with Gasteiger partial charge in [0, 0.05) is 17.3 Å². The number of sulfonamides is 1. The quantitative estimate of drug-likeness (QED) is 0.478. The highest BCUT2D eigenvalue weighted by molar-refractivity contribution is 7.92. The van der Waals surface area contributed by atoms with E-state index in [1.165, 1.54) is 18.2 Å². The van der Waals surface area contributed by atoms with E-state index in [2.05, 4.69) is 20.0 Å². The molecule has 7 nitrogen and oxygen atoms in total. The van der Waals surface area contributed by atoms with Crippen molar-refractivity contribution >= 4 is 21.7 Å². The topological polar surface area (TPSA) is 93.2 Å². The van der Waals surface area contributed by atoms with E-state index in [4.69, 9.17) is 4.74 Å². The van der Waals surface area contributed by atoms with Crippen molar-refractivity contribution in [3.05, 3.63) is 59.7 Å². The van der Waals surface area contributed by atoms with E-state index in [0.717, 1.165) is 16.7 Å². The van der Waals surface area contributed by atoms with E-state index < -0.39 is 27.7 Å². The fourth-order valence-electron chi connectivity index (χ4n) is 4.62. The fraction of sp³-hybridized carbons (Fsp3) is 0.360.